The molecule has 9 heteroatoms. The number of carbonyl (C=O) groups is 2. The van der Waals surface area contributed by atoms with Gasteiger partial charge in [0, 0.05) is 17.8 Å². The van der Waals surface area contributed by atoms with Crippen molar-refractivity contribution < 1.29 is 32.6 Å². The molecule has 0 unspecified atom stereocenters. The van der Waals surface area contributed by atoms with Crippen LogP contribution in [0, 0.1) is 0 Å². The Balaban J connectivity index is 2.92. The molecule has 1 aromatic rings. The summed E-state index contributed by atoms with van der Waals surface area (Å²) in [6.45, 7) is 2.43. The van der Waals surface area contributed by atoms with Crippen molar-refractivity contribution in [2.45, 2.75) is 31.5 Å². The zero-order valence-electron chi connectivity index (χ0n) is 13.2. The SMILES string of the molecule is CCCCNC(=O)Nc1ccc([C@](O)(C(=O)OC)C(F)(F)F)cc1. The number of alkyl halides is 3. The first-order chi connectivity index (χ1) is 11.2. The molecule has 0 saturated carbocycles. The number of rotatable bonds is 6. The van der Waals surface area contributed by atoms with Crippen LogP contribution in [0.2, 0.25) is 0 Å². The number of benzene rings is 1. The third-order valence-electron chi connectivity index (χ3n) is 3.27. The Morgan fingerprint density at radius 2 is 1.79 bits per heavy atom. The molecule has 3 N–H and O–H groups in total. The van der Waals surface area contributed by atoms with Gasteiger partial charge in [-0.25, -0.2) is 9.59 Å². The predicted molar refractivity (Wildman–Crippen MR) is 80.3 cm³/mol. The van der Waals surface area contributed by atoms with Gasteiger partial charge in [0.25, 0.3) is 5.60 Å². The normalized spacial score (nSPS) is 13.8. The molecule has 0 radical (unpaired) electrons. The summed E-state index contributed by atoms with van der Waals surface area (Å²) in [4.78, 5) is 23.0. The molecule has 1 aromatic carbocycles. The summed E-state index contributed by atoms with van der Waals surface area (Å²) in [5.41, 5.74) is -4.27. The van der Waals surface area contributed by atoms with Crippen molar-refractivity contribution in [3.63, 3.8) is 0 Å². The van der Waals surface area contributed by atoms with Crippen molar-refractivity contribution >= 4 is 17.7 Å². The van der Waals surface area contributed by atoms with E-state index in [1.165, 1.54) is 0 Å². The first-order valence-corrected chi connectivity index (χ1v) is 7.19. The maximum absolute atomic E-state index is 13.1. The van der Waals surface area contributed by atoms with Crippen molar-refractivity contribution in [2.24, 2.45) is 0 Å². The Morgan fingerprint density at radius 3 is 2.25 bits per heavy atom. The molecule has 1 rings (SSSR count). The minimum Gasteiger partial charge on any atom is -0.466 e. The Bertz CT molecular complexity index is 575. The molecule has 0 saturated heterocycles. The third kappa shape index (κ3) is 4.38. The molecule has 0 spiro atoms. The molecular formula is C15H19F3N2O4. The molecule has 0 aliphatic carbocycles. The van der Waals surface area contributed by atoms with Crippen LogP contribution in [0.1, 0.15) is 25.3 Å². The number of amides is 2. The van der Waals surface area contributed by atoms with Crippen LogP contribution in [-0.2, 0) is 15.1 Å². The van der Waals surface area contributed by atoms with Gasteiger partial charge in [0.15, 0.2) is 0 Å². The fourth-order valence-corrected chi connectivity index (χ4v) is 1.89. The number of carbonyl (C=O) groups excluding carboxylic acids is 2. The second-order valence-corrected chi connectivity index (χ2v) is 5.01. The van der Waals surface area contributed by atoms with Crippen molar-refractivity contribution in [2.75, 3.05) is 19.0 Å². The standard InChI is InChI=1S/C15H19F3N2O4/c1-3-4-9-19-13(22)20-11-7-5-10(6-8-11)14(23,12(21)24-2)15(16,17)18/h5-8,23H,3-4,9H2,1-2H3,(H2,19,20,22)/t14-/m0/s1. The minimum atomic E-state index is -5.26. The van der Waals surface area contributed by atoms with Crippen LogP contribution in [0.3, 0.4) is 0 Å². The molecule has 24 heavy (non-hydrogen) atoms. The van der Waals surface area contributed by atoms with Crippen molar-refractivity contribution in [1.82, 2.24) is 5.32 Å². The number of halogens is 3. The van der Waals surface area contributed by atoms with Gasteiger partial charge >= 0.3 is 18.2 Å². The van der Waals surface area contributed by atoms with E-state index in [1.54, 1.807) is 0 Å². The monoisotopic (exact) mass is 348 g/mol. The summed E-state index contributed by atoms with van der Waals surface area (Å²) in [5, 5.41) is 14.8. The van der Waals surface area contributed by atoms with E-state index in [1.807, 2.05) is 6.92 Å². The number of urea groups is 1. The lowest BCUT2D eigenvalue weighted by molar-refractivity contribution is -0.266. The van der Waals surface area contributed by atoms with Crippen LogP contribution in [0.25, 0.3) is 0 Å². The fourth-order valence-electron chi connectivity index (χ4n) is 1.89. The average molecular weight is 348 g/mol. The number of ether oxygens (including phenoxy) is 1. The Labute approximate surface area is 137 Å². The molecule has 0 heterocycles. The first-order valence-electron chi connectivity index (χ1n) is 7.19. The van der Waals surface area contributed by atoms with Gasteiger partial charge in [0.2, 0.25) is 0 Å². The molecule has 0 aliphatic heterocycles. The van der Waals surface area contributed by atoms with E-state index in [2.05, 4.69) is 15.4 Å². The zero-order chi connectivity index (χ0) is 18.4. The number of aliphatic hydroxyl groups is 1. The number of methoxy groups -OCH3 is 1. The summed E-state index contributed by atoms with van der Waals surface area (Å²) < 4.78 is 43.3. The van der Waals surface area contributed by atoms with Crippen LogP contribution in [0.15, 0.2) is 24.3 Å². The highest BCUT2D eigenvalue weighted by Crippen LogP contribution is 2.40. The fraction of sp³-hybridized carbons (Fsp3) is 0.467. The molecule has 1 atom stereocenters. The number of hydrogen-bond donors (Lipinski definition) is 3. The van der Waals surface area contributed by atoms with Crippen molar-refractivity contribution in [1.29, 1.82) is 0 Å². The molecule has 0 bridgehead atoms. The summed E-state index contributed by atoms with van der Waals surface area (Å²) in [5.74, 6) is -1.84. The molecular weight excluding hydrogens is 329 g/mol. The average Bonchev–Trinajstić information content (AvgIpc) is 2.53. The first kappa shape index (κ1) is 19.8. The topological polar surface area (TPSA) is 87.7 Å². The van der Waals surface area contributed by atoms with Crippen molar-refractivity contribution in [3.8, 4) is 0 Å². The second kappa shape index (κ2) is 8.00. The Kier molecular flexibility index (Phi) is 6.59. The maximum Gasteiger partial charge on any atom is 0.432 e. The van der Waals surface area contributed by atoms with Gasteiger partial charge in [-0.3, -0.25) is 0 Å². The summed E-state index contributed by atoms with van der Waals surface area (Å²) in [6, 6.07) is 3.58. The molecule has 0 aromatic heterocycles. The van der Waals surface area contributed by atoms with Crippen molar-refractivity contribution in [3.05, 3.63) is 29.8 Å². The Hall–Kier alpha value is -2.29. The lowest BCUT2D eigenvalue weighted by Crippen LogP contribution is -2.49. The lowest BCUT2D eigenvalue weighted by atomic mass is 9.93. The molecule has 2 amide bonds. The highest BCUT2D eigenvalue weighted by molar-refractivity contribution is 5.89. The summed E-state index contributed by atoms with van der Waals surface area (Å²) >= 11 is 0. The Morgan fingerprint density at radius 1 is 1.21 bits per heavy atom. The molecule has 0 aliphatic rings. The van der Waals surface area contributed by atoms with Crippen LogP contribution in [-0.4, -0.2) is 36.9 Å². The number of esters is 1. The minimum absolute atomic E-state index is 0.210. The van der Waals surface area contributed by atoms with Gasteiger partial charge in [-0.1, -0.05) is 25.5 Å². The molecule has 0 fully saturated rings. The van der Waals surface area contributed by atoms with E-state index in [0.717, 1.165) is 44.2 Å². The smallest absolute Gasteiger partial charge is 0.432 e. The number of anilines is 1. The summed E-state index contributed by atoms with van der Waals surface area (Å²) in [6.07, 6.45) is -3.56. The highest BCUT2D eigenvalue weighted by Gasteiger charge is 2.62. The predicted octanol–water partition coefficient (Wildman–Crippen LogP) is 2.53. The lowest BCUT2D eigenvalue weighted by Gasteiger charge is -2.28. The zero-order valence-corrected chi connectivity index (χ0v) is 13.2. The van der Waals surface area contributed by atoms with E-state index in [4.69, 9.17) is 0 Å². The van der Waals surface area contributed by atoms with E-state index >= 15 is 0 Å². The number of nitrogens with one attached hydrogen (secondary N) is 2. The third-order valence-corrected chi connectivity index (χ3v) is 3.27. The second-order valence-electron chi connectivity index (χ2n) is 5.01. The van der Waals surface area contributed by atoms with Gasteiger partial charge in [-0.15, -0.1) is 0 Å². The van der Waals surface area contributed by atoms with Crippen LogP contribution < -0.4 is 10.6 Å². The van der Waals surface area contributed by atoms with Crippen LogP contribution in [0.4, 0.5) is 23.7 Å². The van der Waals surface area contributed by atoms with Crippen LogP contribution >= 0.6 is 0 Å². The van der Waals surface area contributed by atoms with E-state index in [9.17, 15) is 27.9 Å². The number of unbranched alkanes of at least 4 members (excludes halogenated alkanes) is 1. The molecule has 6 nitrogen and oxygen atoms in total. The van der Waals surface area contributed by atoms with Gasteiger partial charge < -0.3 is 20.5 Å². The quantitative estimate of drug-likeness (QED) is 0.545. The summed E-state index contributed by atoms with van der Waals surface area (Å²) in [7, 11) is 0.746. The maximum atomic E-state index is 13.1. The van der Waals surface area contributed by atoms with Gasteiger partial charge in [0.1, 0.15) is 0 Å². The van der Waals surface area contributed by atoms with E-state index in [-0.39, 0.29) is 5.69 Å². The molecule has 134 valence electrons. The number of hydrogen-bond acceptors (Lipinski definition) is 4. The van der Waals surface area contributed by atoms with E-state index in [0.29, 0.717) is 6.54 Å². The van der Waals surface area contributed by atoms with E-state index < -0.39 is 29.3 Å². The van der Waals surface area contributed by atoms with Crippen LogP contribution in [0.5, 0.6) is 0 Å². The largest absolute Gasteiger partial charge is 0.466 e. The van der Waals surface area contributed by atoms with Gasteiger partial charge in [-0.05, 0) is 18.6 Å². The van der Waals surface area contributed by atoms with Gasteiger partial charge in [-0.2, -0.15) is 13.2 Å². The van der Waals surface area contributed by atoms with Gasteiger partial charge in [0.05, 0.1) is 7.11 Å². The highest BCUT2D eigenvalue weighted by atomic mass is 19.4.